The molecule has 2 aliphatic carbocycles. The van der Waals surface area contributed by atoms with Gasteiger partial charge in [-0.2, -0.15) is 0 Å². The number of nitrogens with one attached hydrogen (secondary N) is 1. The van der Waals surface area contributed by atoms with E-state index in [9.17, 15) is 0 Å². The van der Waals surface area contributed by atoms with Crippen LogP contribution in [0.15, 0.2) is 18.2 Å². The van der Waals surface area contributed by atoms with Crippen molar-refractivity contribution in [2.45, 2.75) is 44.7 Å². The van der Waals surface area contributed by atoms with Crippen LogP contribution in [-0.2, 0) is 6.42 Å². The third-order valence-corrected chi connectivity index (χ3v) is 3.39. The normalized spacial score (nSPS) is 25.1. The van der Waals surface area contributed by atoms with Crippen molar-refractivity contribution in [2.24, 2.45) is 0 Å². The first-order valence-electron chi connectivity index (χ1n) is 5.68. The first kappa shape index (κ1) is 8.49. The molecule has 0 saturated heterocycles. The lowest BCUT2D eigenvalue weighted by Crippen LogP contribution is -2.21. The van der Waals surface area contributed by atoms with Crippen molar-refractivity contribution in [2.75, 3.05) is 0 Å². The van der Waals surface area contributed by atoms with Crippen molar-refractivity contribution in [3.05, 3.63) is 34.9 Å². The largest absolute Gasteiger partial charge is 0.307 e. The van der Waals surface area contributed by atoms with E-state index in [1.165, 1.54) is 31.2 Å². The van der Waals surface area contributed by atoms with Gasteiger partial charge in [0.15, 0.2) is 0 Å². The van der Waals surface area contributed by atoms with E-state index in [4.69, 9.17) is 0 Å². The SMILES string of the molecule is Cc1ccc2c(c1)[C@H](NC1CC1)CC2. The van der Waals surface area contributed by atoms with Crippen LogP contribution in [0.1, 0.15) is 42.0 Å². The lowest BCUT2D eigenvalue weighted by molar-refractivity contribution is 0.527. The van der Waals surface area contributed by atoms with E-state index in [-0.39, 0.29) is 0 Å². The van der Waals surface area contributed by atoms with Gasteiger partial charge in [0.05, 0.1) is 0 Å². The molecule has 0 heterocycles. The topological polar surface area (TPSA) is 12.0 Å². The standard InChI is InChI=1S/C13H17N/c1-9-2-3-10-4-7-13(12(10)8-9)14-11-5-6-11/h2-3,8,11,13-14H,4-7H2,1H3/t13-/m1/s1. The number of fused-ring (bicyclic) bond motifs is 1. The summed E-state index contributed by atoms with van der Waals surface area (Å²) in [5.41, 5.74) is 4.53. The van der Waals surface area contributed by atoms with E-state index in [0.717, 1.165) is 6.04 Å². The van der Waals surface area contributed by atoms with E-state index < -0.39 is 0 Å². The van der Waals surface area contributed by atoms with E-state index in [1.54, 1.807) is 11.1 Å². The van der Waals surface area contributed by atoms with Crippen molar-refractivity contribution in [1.82, 2.24) is 5.32 Å². The second-order valence-corrected chi connectivity index (χ2v) is 4.73. The van der Waals surface area contributed by atoms with Gasteiger partial charge >= 0.3 is 0 Å². The molecule has 14 heavy (non-hydrogen) atoms. The van der Waals surface area contributed by atoms with E-state index in [1.807, 2.05) is 0 Å². The smallest absolute Gasteiger partial charge is 0.0328 e. The first-order valence-corrected chi connectivity index (χ1v) is 5.68. The minimum absolute atomic E-state index is 0.650. The van der Waals surface area contributed by atoms with Crippen LogP contribution in [0, 0.1) is 6.92 Å². The number of aryl methyl sites for hydroxylation is 2. The van der Waals surface area contributed by atoms with Gasteiger partial charge in [-0.25, -0.2) is 0 Å². The average Bonchev–Trinajstić information content (AvgIpc) is 2.90. The molecule has 0 bridgehead atoms. The molecule has 0 spiro atoms. The van der Waals surface area contributed by atoms with Crippen LogP contribution in [0.25, 0.3) is 0 Å². The third-order valence-electron chi connectivity index (χ3n) is 3.39. The number of hydrogen-bond donors (Lipinski definition) is 1. The summed E-state index contributed by atoms with van der Waals surface area (Å²) in [4.78, 5) is 0. The van der Waals surface area contributed by atoms with Crippen molar-refractivity contribution < 1.29 is 0 Å². The molecule has 1 heteroatoms. The minimum atomic E-state index is 0.650. The van der Waals surface area contributed by atoms with Gasteiger partial charge in [0.2, 0.25) is 0 Å². The van der Waals surface area contributed by atoms with Crippen LogP contribution >= 0.6 is 0 Å². The molecule has 1 nitrogen and oxygen atoms in total. The van der Waals surface area contributed by atoms with Crippen LogP contribution in [0.3, 0.4) is 0 Å². The van der Waals surface area contributed by atoms with Gasteiger partial charge in [-0.15, -0.1) is 0 Å². The van der Waals surface area contributed by atoms with Crippen LogP contribution in [0.5, 0.6) is 0 Å². The lowest BCUT2D eigenvalue weighted by atomic mass is 10.1. The highest BCUT2D eigenvalue weighted by Crippen LogP contribution is 2.34. The average molecular weight is 187 g/mol. The van der Waals surface area contributed by atoms with Crippen molar-refractivity contribution in [1.29, 1.82) is 0 Å². The quantitative estimate of drug-likeness (QED) is 0.750. The molecular formula is C13H17N. The molecule has 2 aliphatic rings. The molecule has 3 rings (SSSR count). The molecule has 1 atom stereocenters. The zero-order valence-corrected chi connectivity index (χ0v) is 8.72. The van der Waals surface area contributed by atoms with E-state index in [2.05, 4.69) is 30.4 Å². The maximum Gasteiger partial charge on any atom is 0.0328 e. The summed E-state index contributed by atoms with van der Waals surface area (Å²) in [5, 5.41) is 3.74. The van der Waals surface area contributed by atoms with E-state index in [0.29, 0.717) is 6.04 Å². The first-order chi connectivity index (χ1) is 6.83. The Morgan fingerprint density at radius 2 is 2.07 bits per heavy atom. The van der Waals surface area contributed by atoms with E-state index >= 15 is 0 Å². The summed E-state index contributed by atoms with van der Waals surface area (Å²) in [6.45, 7) is 2.19. The van der Waals surface area contributed by atoms with Crippen molar-refractivity contribution in [3.8, 4) is 0 Å². The molecule has 0 radical (unpaired) electrons. The Balaban J connectivity index is 1.87. The zero-order valence-electron chi connectivity index (χ0n) is 8.72. The Labute approximate surface area is 85.5 Å². The maximum atomic E-state index is 3.74. The predicted octanol–water partition coefficient (Wildman–Crippen LogP) is 2.73. The van der Waals surface area contributed by atoms with Crippen LogP contribution in [-0.4, -0.2) is 6.04 Å². The Bertz CT molecular complexity index is 352. The Hall–Kier alpha value is -0.820. The van der Waals surface area contributed by atoms with Crippen LogP contribution in [0.4, 0.5) is 0 Å². The molecule has 1 N–H and O–H groups in total. The highest BCUT2D eigenvalue weighted by atomic mass is 15.0. The number of benzene rings is 1. The summed E-state index contributed by atoms with van der Waals surface area (Å²) in [7, 11) is 0. The molecule has 0 unspecified atom stereocenters. The van der Waals surface area contributed by atoms with Crippen molar-refractivity contribution in [3.63, 3.8) is 0 Å². The van der Waals surface area contributed by atoms with Crippen LogP contribution < -0.4 is 5.32 Å². The Morgan fingerprint density at radius 3 is 2.86 bits per heavy atom. The Kier molecular flexibility index (Phi) is 1.88. The van der Waals surface area contributed by atoms with Crippen molar-refractivity contribution >= 4 is 0 Å². The van der Waals surface area contributed by atoms with Gasteiger partial charge in [0, 0.05) is 12.1 Å². The molecule has 1 aromatic rings. The van der Waals surface area contributed by atoms with Gasteiger partial charge in [0.1, 0.15) is 0 Å². The highest BCUT2D eigenvalue weighted by Gasteiger charge is 2.29. The number of hydrogen-bond acceptors (Lipinski definition) is 1. The van der Waals surface area contributed by atoms with Gasteiger partial charge in [-0.05, 0) is 43.7 Å². The molecule has 0 aliphatic heterocycles. The fourth-order valence-corrected chi connectivity index (χ4v) is 2.43. The predicted molar refractivity (Wildman–Crippen MR) is 58.4 cm³/mol. The lowest BCUT2D eigenvalue weighted by Gasteiger charge is -2.13. The highest BCUT2D eigenvalue weighted by molar-refractivity contribution is 5.37. The molecule has 0 amide bonds. The second-order valence-electron chi connectivity index (χ2n) is 4.73. The number of rotatable bonds is 2. The monoisotopic (exact) mass is 187 g/mol. The van der Waals surface area contributed by atoms with Gasteiger partial charge < -0.3 is 5.32 Å². The summed E-state index contributed by atoms with van der Waals surface area (Å²) in [5.74, 6) is 0. The molecule has 1 saturated carbocycles. The fraction of sp³-hybridized carbons (Fsp3) is 0.538. The Morgan fingerprint density at radius 1 is 1.21 bits per heavy atom. The molecule has 1 fully saturated rings. The zero-order chi connectivity index (χ0) is 9.54. The van der Waals surface area contributed by atoms with Gasteiger partial charge in [0.25, 0.3) is 0 Å². The molecule has 1 aromatic carbocycles. The maximum absolute atomic E-state index is 3.74. The van der Waals surface area contributed by atoms with Crippen LogP contribution in [0.2, 0.25) is 0 Å². The molecule has 0 aromatic heterocycles. The summed E-state index contributed by atoms with van der Waals surface area (Å²) in [6.07, 6.45) is 5.34. The molecule has 74 valence electrons. The summed E-state index contributed by atoms with van der Waals surface area (Å²) < 4.78 is 0. The fourth-order valence-electron chi connectivity index (χ4n) is 2.43. The second kappa shape index (κ2) is 3.09. The minimum Gasteiger partial charge on any atom is -0.307 e. The summed E-state index contributed by atoms with van der Waals surface area (Å²) >= 11 is 0. The molecular weight excluding hydrogens is 170 g/mol. The van der Waals surface area contributed by atoms with Gasteiger partial charge in [-0.1, -0.05) is 23.8 Å². The summed E-state index contributed by atoms with van der Waals surface area (Å²) in [6, 6.07) is 8.38. The van der Waals surface area contributed by atoms with Gasteiger partial charge in [-0.3, -0.25) is 0 Å². The third kappa shape index (κ3) is 1.46.